The summed E-state index contributed by atoms with van der Waals surface area (Å²) in [6.07, 6.45) is 5.91. The minimum atomic E-state index is 0.495. The number of aromatic nitrogens is 4. The summed E-state index contributed by atoms with van der Waals surface area (Å²) in [5, 5.41) is 12.0. The van der Waals surface area contributed by atoms with Crippen LogP contribution in [-0.2, 0) is 20.1 Å². The highest BCUT2D eigenvalue weighted by atomic mass is 15.3. The van der Waals surface area contributed by atoms with Gasteiger partial charge in [-0.1, -0.05) is 13.8 Å². The second-order valence-electron chi connectivity index (χ2n) is 4.56. The molecule has 0 fully saturated rings. The van der Waals surface area contributed by atoms with E-state index in [2.05, 4.69) is 35.6 Å². The van der Waals surface area contributed by atoms with Crippen molar-refractivity contribution in [2.24, 2.45) is 7.05 Å². The Morgan fingerprint density at radius 2 is 2.24 bits per heavy atom. The van der Waals surface area contributed by atoms with Gasteiger partial charge in [-0.3, -0.25) is 9.36 Å². The van der Waals surface area contributed by atoms with E-state index < -0.39 is 0 Å². The fourth-order valence-corrected chi connectivity index (χ4v) is 1.62. The zero-order chi connectivity index (χ0) is 12.3. The quantitative estimate of drug-likeness (QED) is 0.843. The topological polar surface area (TPSA) is 47.7 Å². The van der Waals surface area contributed by atoms with Gasteiger partial charge in [0.05, 0.1) is 18.4 Å². The Morgan fingerprint density at radius 1 is 1.41 bits per heavy atom. The van der Waals surface area contributed by atoms with Crippen molar-refractivity contribution in [2.75, 3.05) is 0 Å². The highest BCUT2D eigenvalue weighted by Gasteiger charge is 2.02. The van der Waals surface area contributed by atoms with Crippen molar-refractivity contribution in [3.8, 4) is 0 Å². The number of rotatable bonds is 5. The molecule has 0 unspecified atom stereocenters. The Balaban J connectivity index is 1.94. The molecule has 0 bridgehead atoms. The first kappa shape index (κ1) is 11.9. The lowest BCUT2D eigenvalue weighted by molar-refractivity contribution is 0.587. The molecule has 0 spiro atoms. The molecule has 5 heteroatoms. The minimum Gasteiger partial charge on any atom is -0.310 e. The summed E-state index contributed by atoms with van der Waals surface area (Å²) >= 11 is 0. The molecule has 2 heterocycles. The first-order valence-corrected chi connectivity index (χ1v) is 5.87. The summed E-state index contributed by atoms with van der Waals surface area (Å²) in [5.41, 5.74) is 2.23. The number of nitrogens with zero attached hydrogens (tertiary/aromatic N) is 4. The van der Waals surface area contributed by atoms with E-state index in [-0.39, 0.29) is 0 Å². The Hall–Kier alpha value is -1.62. The molecule has 0 aliphatic carbocycles. The Labute approximate surface area is 101 Å². The smallest absolute Gasteiger partial charge is 0.0849 e. The van der Waals surface area contributed by atoms with Crippen LogP contribution < -0.4 is 5.32 Å². The van der Waals surface area contributed by atoms with Crippen molar-refractivity contribution in [3.63, 3.8) is 0 Å². The van der Waals surface area contributed by atoms with Gasteiger partial charge in [0.25, 0.3) is 0 Å². The molecule has 0 amide bonds. The standard InChI is InChI=1S/C12H19N5/c1-10(2)13-6-11-7-14-17(8-11)9-12-4-5-16(3)15-12/h4-5,7-8,10,13H,6,9H2,1-3H3. The second-order valence-corrected chi connectivity index (χ2v) is 4.56. The Bertz CT molecular complexity index is 469. The highest BCUT2D eigenvalue weighted by Crippen LogP contribution is 2.02. The maximum Gasteiger partial charge on any atom is 0.0849 e. The summed E-state index contributed by atoms with van der Waals surface area (Å²) in [6.45, 7) is 5.86. The van der Waals surface area contributed by atoms with E-state index in [1.165, 1.54) is 5.56 Å². The molecule has 0 aliphatic rings. The molecule has 0 radical (unpaired) electrons. The van der Waals surface area contributed by atoms with Crippen LogP contribution in [0.5, 0.6) is 0 Å². The van der Waals surface area contributed by atoms with Crippen molar-refractivity contribution in [1.29, 1.82) is 0 Å². The van der Waals surface area contributed by atoms with Gasteiger partial charge in [-0.2, -0.15) is 10.2 Å². The third kappa shape index (κ3) is 3.42. The van der Waals surface area contributed by atoms with Crippen molar-refractivity contribution in [2.45, 2.75) is 33.0 Å². The van der Waals surface area contributed by atoms with E-state index >= 15 is 0 Å². The van der Waals surface area contributed by atoms with Crippen molar-refractivity contribution >= 4 is 0 Å². The van der Waals surface area contributed by atoms with Gasteiger partial charge < -0.3 is 5.32 Å². The minimum absolute atomic E-state index is 0.495. The van der Waals surface area contributed by atoms with Crippen molar-refractivity contribution < 1.29 is 0 Å². The molecule has 0 aromatic carbocycles. The van der Waals surface area contributed by atoms with Gasteiger partial charge in [0.15, 0.2) is 0 Å². The predicted molar refractivity (Wildman–Crippen MR) is 66.5 cm³/mol. The van der Waals surface area contributed by atoms with Crippen LogP contribution in [0.3, 0.4) is 0 Å². The molecule has 2 aromatic rings. The van der Waals surface area contributed by atoms with Crippen LogP contribution in [0.2, 0.25) is 0 Å². The van der Waals surface area contributed by atoms with Gasteiger partial charge in [0.1, 0.15) is 0 Å². The predicted octanol–water partition coefficient (Wildman–Crippen LogP) is 1.16. The van der Waals surface area contributed by atoms with E-state index in [1.54, 1.807) is 4.68 Å². The zero-order valence-corrected chi connectivity index (χ0v) is 10.6. The lowest BCUT2D eigenvalue weighted by Gasteiger charge is -2.05. The first-order chi connectivity index (χ1) is 8.13. The molecule has 5 nitrogen and oxygen atoms in total. The average Bonchev–Trinajstić information content (AvgIpc) is 2.86. The van der Waals surface area contributed by atoms with Crippen molar-refractivity contribution in [3.05, 3.63) is 35.9 Å². The van der Waals surface area contributed by atoms with Gasteiger partial charge in [0, 0.05) is 37.6 Å². The molecule has 17 heavy (non-hydrogen) atoms. The molecule has 92 valence electrons. The largest absolute Gasteiger partial charge is 0.310 e. The van der Waals surface area contributed by atoms with E-state index in [0.717, 1.165) is 18.8 Å². The zero-order valence-electron chi connectivity index (χ0n) is 10.6. The van der Waals surface area contributed by atoms with E-state index in [1.807, 2.05) is 30.2 Å². The molecule has 0 saturated carbocycles. The number of hydrogen-bond donors (Lipinski definition) is 1. The van der Waals surface area contributed by atoms with E-state index in [4.69, 9.17) is 0 Å². The van der Waals surface area contributed by atoms with Crippen LogP contribution in [0.25, 0.3) is 0 Å². The van der Waals surface area contributed by atoms with Gasteiger partial charge in [-0.05, 0) is 6.07 Å². The lowest BCUT2D eigenvalue weighted by Crippen LogP contribution is -2.21. The molecule has 0 atom stereocenters. The molecular formula is C12H19N5. The van der Waals surface area contributed by atoms with Crippen LogP contribution in [0.1, 0.15) is 25.1 Å². The summed E-state index contributed by atoms with van der Waals surface area (Å²) in [4.78, 5) is 0. The third-order valence-corrected chi connectivity index (χ3v) is 2.49. The molecular weight excluding hydrogens is 214 g/mol. The SMILES string of the molecule is CC(C)NCc1cnn(Cc2ccn(C)n2)c1. The van der Waals surface area contributed by atoms with Gasteiger partial charge in [-0.15, -0.1) is 0 Å². The molecule has 2 rings (SSSR count). The summed E-state index contributed by atoms with van der Waals surface area (Å²) in [6, 6.07) is 2.50. The fraction of sp³-hybridized carbons (Fsp3) is 0.500. The summed E-state index contributed by atoms with van der Waals surface area (Å²) in [5.74, 6) is 0. The molecule has 0 saturated heterocycles. The third-order valence-electron chi connectivity index (χ3n) is 2.49. The van der Waals surface area contributed by atoms with Gasteiger partial charge in [0.2, 0.25) is 0 Å². The molecule has 1 N–H and O–H groups in total. The molecule has 2 aromatic heterocycles. The van der Waals surface area contributed by atoms with E-state index in [0.29, 0.717) is 6.04 Å². The van der Waals surface area contributed by atoms with Crippen LogP contribution in [0, 0.1) is 0 Å². The van der Waals surface area contributed by atoms with Crippen LogP contribution >= 0.6 is 0 Å². The number of nitrogens with one attached hydrogen (secondary N) is 1. The van der Waals surface area contributed by atoms with Crippen LogP contribution in [0.4, 0.5) is 0 Å². The second kappa shape index (κ2) is 5.14. The Kier molecular flexibility index (Phi) is 3.58. The number of aryl methyl sites for hydroxylation is 1. The van der Waals surface area contributed by atoms with E-state index in [9.17, 15) is 0 Å². The summed E-state index contributed by atoms with van der Waals surface area (Å²) in [7, 11) is 1.92. The summed E-state index contributed by atoms with van der Waals surface area (Å²) < 4.78 is 3.72. The average molecular weight is 233 g/mol. The van der Waals surface area contributed by atoms with Gasteiger partial charge >= 0.3 is 0 Å². The number of hydrogen-bond acceptors (Lipinski definition) is 3. The van der Waals surface area contributed by atoms with Gasteiger partial charge in [-0.25, -0.2) is 0 Å². The fourth-order valence-electron chi connectivity index (χ4n) is 1.62. The monoisotopic (exact) mass is 233 g/mol. The van der Waals surface area contributed by atoms with Crippen LogP contribution in [0.15, 0.2) is 24.7 Å². The Morgan fingerprint density at radius 3 is 2.88 bits per heavy atom. The maximum absolute atomic E-state index is 4.33. The first-order valence-electron chi connectivity index (χ1n) is 5.87. The lowest BCUT2D eigenvalue weighted by atomic mass is 10.3. The maximum atomic E-state index is 4.33. The van der Waals surface area contributed by atoms with Crippen LogP contribution in [-0.4, -0.2) is 25.6 Å². The molecule has 0 aliphatic heterocycles. The normalized spacial score (nSPS) is 11.3. The van der Waals surface area contributed by atoms with Crippen molar-refractivity contribution in [1.82, 2.24) is 24.9 Å². The highest BCUT2D eigenvalue weighted by molar-refractivity contribution is 5.06.